The van der Waals surface area contributed by atoms with Gasteiger partial charge in [-0.15, -0.1) is 10.2 Å². The van der Waals surface area contributed by atoms with E-state index in [1.54, 1.807) is 42.5 Å². The van der Waals surface area contributed by atoms with Crippen LogP contribution in [0.2, 0.25) is 0 Å². The first-order chi connectivity index (χ1) is 16.0. The van der Waals surface area contributed by atoms with Gasteiger partial charge in [0.05, 0.1) is 22.3 Å². The van der Waals surface area contributed by atoms with Crippen LogP contribution >= 0.6 is 11.8 Å². The second-order valence-electron chi connectivity index (χ2n) is 7.39. The zero-order valence-electron chi connectivity index (χ0n) is 17.6. The minimum atomic E-state index is -3.57. The summed E-state index contributed by atoms with van der Waals surface area (Å²) in [6.45, 7) is 1.05. The fourth-order valence-corrected chi connectivity index (χ4v) is 5.51. The lowest BCUT2D eigenvalue weighted by atomic mass is 10.2. The van der Waals surface area contributed by atoms with E-state index in [0.717, 1.165) is 31.0 Å². The SMILES string of the molecule is N#Cc1ccc(NC(=O)CSc2nnc(-c3cccc(S(=O)(=O)N4CCCCC4)c3)o2)cc1. The first-order valence-electron chi connectivity index (χ1n) is 10.3. The van der Waals surface area contributed by atoms with E-state index in [9.17, 15) is 13.2 Å². The quantitative estimate of drug-likeness (QED) is 0.506. The molecule has 1 aliphatic rings. The molecule has 1 aliphatic heterocycles. The normalized spacial score (nSPS) is 14.5. The number of hydrogen-bond acceptors (Lipinski definition) is 8. The third-order valence-electron chi connectivity index (χ3n) is 5.06. The zero-order chi connectivity index (χ0) is 23.3. The average molecular weight is 484 g/mol. The summed E-state index contributed by atoms with van der Waals surface area (Å²) in [5.74, 6) is -0.0369. The van der Waals surface area contributed by atoms with Crippen LogP contribution in [0.15, 0.2) is 63.1 Å². The van der Waals surface area contributed by atoms with E-state index in [2.05, 4.69) is 15.5 Å². The van der Waals surface area contributed by atoms with E-state index >= 15 is 0 Å². The number of anilines is 1. The molecule has 1 fully saturated rings. The molecule has 0 aliphatic carbocycles. The Morgan fingerprint density at radius 2 is 1.88 bits per heavy atom. The van der Waals surface area contributed by atoms with Crippen molar-refractivity contribution in [2.24, 2.45) is 0 Å². The van der Waals surface area contributed by atoms with Gasteiger partial charge in [0.15, 0.2) is 0 Å². The molecule has 0 atom stereocenters. The highest BCUT2D eigenvalue weighted by Crippen LogP contribution is 2.27. The highest BCUT2D eigenvalue weighted by atomic mass is 32.2. The number of rotatable bonds is 7. The monoisotopic (exact) mass is 483 g/mol. The van der Waals surface area contributed by atoms with Crippen molar-refractivity contribution in [3.05, 3.63) is 54.1 Å². The molecule has 0 spiro atoms. The minimum absolute atomic E-state index is 0.0466. The summed E-state index contributed by atoms with van der Waals surface area (Å²) in [7, 11) is -3.57. The molecule has 1 saturated heterocycles. The Bertz CT molecular complexity index is 1280. The highest BCUT2D eigenvalue weighted by molar-refractivity contribution is 7.99. The maximum atomic E-state index is 12.9. The molecule has 170 valence electrons. The summed E-state index contributed by atoms with van der Waals surface area (Å²) in [6, 6.07) is 15.0. The van der Waals surface area contributed by atoms with E-state index in [-0.39, 0.29) is 27.7 Å². The molecule has 3 aromatic rings. The number of nitrogens with one attached hydrogen (secondary N) is 1. The molecule has 0 bridgehead atoms. The topological polar surface area (TPSA) is 129 Å². The second-order valence-corrected chi connectivity index (χ2v) is 10.3. The fraction of sp³-hybridized carbons (Fsp3) is 0.273. The molecule has 1 N–H and O–H groups in total. The Hall–Kier alpha value is -3.20. The standard InChI is InChI=1S/C22H21N5O4S2/c23-14-16-7-9-18(10-8-16)24-20(28)15-32-22-26-25-21(31-22)17-5-4-6-19(13-17)33(29,30)27-11-2-1-3-12-27/h4-10,13H,1-3,11-12,15H2,(H,24,28). The van der Waals surface area contributed by atoms with Crippen LogP contribution in [0.25, 0.3) is 11.5 Å². The van der Waals surface area contributed by atoms with E-state index < -0.39 is 10.0 Å². The van der Waals surface area contributed by atoms with Crippen LogP contribution in [0.5, 0.6) is 0 Å². The molecule has 33 heavy (non-hydrogen) atoms. The number of benzene rings is 2. The van der Waals surface area contributed by atoms with Gasteiger partial charge < -0.3 is 9.73 Å². The summed E-state index contributed by atoms with van der Waals surface area (Å²) in [5.41, 5.74) is 1.58. The number of carbonyl (C=O) groups excluding carboxylic acids is 1. The van der Waals surface area contributed by atoms with Crippen molar-refractivity contribution in [2.75, 3.05) is 24.2 Å². The number of nitrogens with zero attached hydrogens (tertiary/aromatic N) is 4. The Kier molecular flexibility index (Phi) is 7.08. The molecule has 0 radical (unpaired) electrons. The van der Waals surface area contributed by atoms with Crippen molar-refractivity contribution in [1.29, 1.82) is 5.26 Å². The van der Waals surface area contributed by atoms with Gasteiger partial charge in [0.2, 0.25) is 21.8 Å². The van der Waals surface area contributed by atoms with Gasteiger partial charge in [-0.2, -0.15) is 9.57 Å². The van der Waals surface area contributed by atoms with Crippen molar-refractivity contribution < 1.29 is 17.6 Å². The lowest BCUT2D eigenvalue weighted by molar-refractivity contribution is -0.113. The largest absolute Gasteiger partial charge is 0.411 e. The number of aromatic nitrogens is 2. The number of nitriles is 1. The number of sulfonamides is 1. The van der Waals surface area contributed by atoms with Crippen molar-refractivity contribution in [3.8, 4) is 17.5 Å². The predicted octanol–water partition coefficient (Wildman–Crippen LogP) is 3.51. The molecular formula is C22H21N5O4S2. The number of hydrogen-bond donors (Lipinski definition) is 1. The van der Waals surface area contributed by atoms with Crippen LogP contribution in [0.3, 0.4) is 0 Å². The van der Waals surface area contributed by atoms with Gasteiger partial charge in [-0.1, -0.05) is 24.2 Å². The number of amides is 1. The molecule has 0 unspecified atom stereocenters. The Balaban J connectivity index is 1.39. The molecule has 9 nitrogen and oxygen atoms in total. The van der Waals surface area contributed by atoms with Crippen LogP contribution in [0.4, 0.5) is 5.69 Å². The van der Waals surface area contributed by atoms with Gasteiger partial charge >= 0.3 is 0 Å². The van der Waals surface area contributed by atoms with Crippen LogP contribution in [-0.2, 0) is 14.8 Å². The minimum Gasteiger partial charge on any atom is -0.411 e. The molecule has 2 heterocycles. The van der Waals surface area contributed by atoms with Gasteiger partial charge in [0, 0.05) is 24.3 Å². The van der Waals surface area contributed by atoms with E-state index in [4.69, 9.17) is 9.68 Å². The average Bonchev–Trinajstić information content (AvgIpc) is 3.33. The van der Waals surface area contributed by atoms with Crippen LogP contribution in [0.1, 0.15) is 24.8 Å². The molecule has 11 heteroatoms. The van der Waals surface area contributed by atoms with Crippen LogP contribution in [-0.4, -0.2) is 47.7 Å². The van der Waals surface area contributed by atoms with Crippen molar-refractivity contribution in [1.82, 2.24) is 14.5 Å². The van der Waals surface area contributed by atoms with E-state index in [1.807, 2.05) is 6.07 Å². The number of piperidine rings is 1. The molecule has 2 aromatic carbocycles. The summed E-state index contributed by atoms with van der Waals surface area (Å²) in [5, 5.41) is 19.7. The lowest BCUT2D eigenvalue weighted by Crippen LogP contribution is -2.35. The first-order valence-corrected chi connectivity index (χ1v) is 12.8. The van der Waals surface area contributed by atoms with Crippen molar-refractivity contribution >= 4 is 33.4 Å². The van der Waals surface area contributed by atoms with E-state index in [1.165, 1.54) is 10.4 Å². The van der Waals surface area contributed by atoms with Crippen molar-refractivity contribution in [2.45, 2.75) is 29.4 Å². The Morgan fingerprint density at radius 1 is 1.12 bits per heavy atom. The van der Waals surface area contributed by atoms with Gasteiger partial charge in [-0.25, -0.2) is 8.42 Å². The van der Waals surface area contributed by atoms with Crippen LogP contribution in [0, 0.1) is 11.3 Å². The maximum Gasteiger partial charge on any atom is 0.277 e. The first kappa shape index (κ1) is 23.0. The summed E-state index contributed by atoms with van der Waals surface area (Å²) in [6.07, 6.45) is 2.77. The molecule has 4 rings (SSSR count). The van der Waals surface area contributed by atoms with E-state index in [0.29, 0.717) is 29.9 Å². The molecule has 1 amide bonds. The third-order valence-corrected chi connectivity index (χ3v) is 7.78. The lowest BCUT2D eigenvalue weighted by Gasteiger charge is -2.25. The number of carbonyl (C=O) groups is 1. The van der Waals surface area contributed by atoms with Gasteiger partial charge in [0.1, 0.15) is 0 Å². The fourth-order valence-electron chi connectivity index (χ4n) is 3.38. The summed E-state index contributed by atoms with van der Waals surface area (Å²) < 4.78 is 33.0. The summed E-state index contributed by atoms with van der Waals surface area (Å²) >= 11 is 1.07. The maximum absolute atomic E-state index is 12.9. The number of thioether (sulfide) groups is 1. The second kappa shape index (κ2) is 10.2. The van der Waals surface area contributed by atoms with Gasteiger partial charge in [0.25, 0.3) is 5.22 Å². The highest BCUT2D eigenvalue weighted by Gasteiger charge is 2.26. The van der Waals surface area contributed by atoms with Gasteiger partial charge in [-0.05, 0) is 55.3 Å². The summed E-state index contributed by atoms with van der Waals surface area (Å²) in [4.78, 5) is 12.4. The Morgan fingerprint density at radius 3 is 2.61 bits per heavy atom. The zero-order valence-corrected chi connectivity index (χ0v) is 19.2. The van der Waals surface area contributed by atoms with Crippen molar-refractivity contribution in [3.63, 3.8) is 0 Å². The predicted molar refractivity (Wildman–Crippen MR) is 123 cm³/mol. The Labute approximate surface area is 195 Å². The third kappa shape index (κ3) is 5.60. The van der Waals surface area contributed by atoms with Crippen LogP contribution < -0.4 is 5.32 Å². The molecule has 1 aromatic heterocycles. The van der Waals surface area contributed by atoms with Gasteiger partial charge in [-0.3, -0.25) is 4.79 Å². The molecule has 0 saturated carbocycles. The smallest absolute Gasteiger partial charge is 0.277 e. The molecular weight excluding hydrogens is 462 g/mol.